The Labute approximate surface area is 169 Å². The third-order valence-corrected chi connectivity index (χ3v) is 4.72. The number of nitrogens with one attached hydrogen (secondary N) is 1. The van der Waals surface area contributed by atoms with E-state index < -0.39 is 24.1 Å². The molecular weight excluding hydrogens is 397 g/mol. The largest absolute Gasteiger partial charge is 0.395 e. The maximum absolute atomic E-state index is 13.5. The number of pyridine rings is 2. The fraction of sp³-hybridized carbons (Fsp3) is 0.300. The van der Waals surface area contributed by atoms with Gasteiger partial charge in [0.25, 0.3) is 0 Å². The van der Waals surface area contributed by atoms with Gasteiger partial charge in [0.1, 0.15) is 5.52 Å². The monoisotopic (exact) mass is 416 g/mol. The first-order chi connectivity index (χ1) is 14.1. The summed E-state index contributed by atoms with van der Waals surface area (Å²) in [5.74, 6) is -1.43. The van der Waals surface area contributed by atoms with Gasteiger partial charge in [-0.3, -0.25) is 0 Å². The van der Waals surface area contributed by atoms with E-state index in [0.717, 1.165) is 11.1 Å². The van der Waals surface area contributed by atoms with Crippen molar-refractivity contribution in [3.05, 3.63) is 54.9 Å². The number of aliphatic hydroxyl groups is 1. The van der Waals surface area contributed by atoms with E-state index in [2.05, 4.69) is 25.0 Å². The van der Waals surface area contributed by atoms with E-state index in [1.165, 1.54) is 36.9 Å². The predicted molar refractivity (Wildman–Crippen MR) is 104 cm³/mol. The van der Waals surface area contributed by atoms with Crippen molar-refractivity contribution in [1.82, 2.24) is 29.7 Å². The molecule has 0 aliphatic carbocycles. The fourth-order valence-corrected chi connectivity index (χ4v) is 3.33. The molecule has 0 amide bonds. The number of hydrogen-bond acceptors (Lipinski definition) is 5. The van der Waals surface area contributed by atoms with Crippen molar-refractivity contribution in [3.8, 4) is 16.9 Å². The number of aromatic nitrogens is 6. The van der Waals surface area contributed by atoms with Crippen LogP contribution in [0.4, 0.5) is 13.2 Å². The lowest BCUT2D eigenvalue weighted by molar-refractivity contribution is -0.161. The third-order valence-electron chi connectivity index (χ3n) is 4.72. The summed E-state index contributed by atoms with van der Waals surface area (Å²) in [6.45, 7) is 2.71. The van der Waals surface area contributed by atoms with Crippen LogP contribution in [-0.4, -0.2) is 46.6 Å². The van der Waals surface area contributed by atoms with Crippen LogP contribution in [0, 0.1) is 0 Å². The second kappa shape index (κ2) is 7.21. The molecule has 10 heteroatoms. The molecule has 4 heterocycles. The van der Waals surface area contributed by atoms with E-state index in [1.807, 2.05) is 6.07 Å². The number of rotatable bonds is 5. The molecule has 4 rings (SSSR count). The normalized spacial score (nSPS) is 13.7. The second-order valence-corrected chi connectivity index (χ2v) is 7.69. The standard InChI is InChI=1S/C20H19F3N6O/c1-19(2,30)7-15(20(21,22)23)12-3-4-16(25-8-12)29-10-13(9-28-29)14-5-6-24-18-17(14)26-11-27-18/h3-6,8-11,15,30H,7H2,1-2H3,(H,24,26,27). The van der Waals surface area contributed by atoms with Gasteiger partial charge in [0.2, 0.25) is 0 Å². The first kappa shape index (κ1) is 20.0. The number of nitrogens with zero attached hydrogens (tertiary/aromatic N) is 5. The van der Waals surface area contributed by atoms with Gasteiger partial charge in [-0.05, 0) is 38.0 Å². The molecule has 0 aromatic carbocycles. The van der Waals surface area contributed by atoms with Crippen LogP contribution in [0.25, 0.3) is 28.1 Å². The summed E-state index contributed by atoms with van der Waals surface area (Å²) in [6, 6.07) is 4.66. The summed E-state index contributed by atoms with van der Waals surface area (Å²) in [7, 11) is 0. The lowest BCUT2D eigenvalue weighted by Crippen LogP contribution is -2.30. The fourth-order valence-electron chi connectivity index (χ4n) is 3.33. The van der Waals surface area contributed by atoms with Crippen LogP contribution in [0.15, 0.2) is 49.3 Å². The average Bonchev–Trinajstić information content (AvgIpc) is 3.34. The van der Waals surface area contributed by atoms with Gasteiger partial charge in [-0.25, -0.2) is 19.6 Å². The third kappa shape index (κ3) is 4.04. The highest BCUT2D eigenvalue weighted by atomic mass is 19.4. The molecular formula is C20H19F3N6O. The zero-order chi connectivity index (χ0) is 21.5. The number of alkyl halides is 3. The number of aromatic amines is 1. The summed E-state index contributed by atoms with van der Waals surface area (Å²) in [4.78, 5) is 15.6. The van der Waals surface area contributed by atoms with E-state index in [4.69, 9.17) is 0 Å². The van der Waals surface area contributed by atoms with Crippen molar-refractivity contribution in [2.45, 2.75) is 38.0 Å². The highest BCUT2D eigenvalue weighted by Crippen LogP contribution is 2.40. The smallest absolute Gasteiger partial charge is 0.390 e. The molecule has 0 radical (unpaired) electrons. The van der Waals surface area contributed by atoms with Gasteiger partial charge in [0, 0.05) is 29.7 Å². The van der Waals surface area contributed by atoms with E-state index in [1.54, 1.807) is 24.9 Å². The number of H-pyrrole nitrogens is 1. The van der Waals surface area contributed by atoms with Gasteiger partial charge in [0.15, 0.2) is 11.5 Å². The Bertz CT molecular complexity index is 1160. The molecule has 0 spiro atoms. The molecule has 156 valence electrons. The molecule has 1 unspecified atom stereocenters. The molecule has 30 heavy (non-hydrogen) atoms. The first-order valence-corrected chi connectivity index (χ1v) is 9.20. The Kier molecular flexibility index (Phi) is 4.81. The summed E-state index contributed by atoms with van der Waals surface area (Å²) in [6.07, 6.45) is 2.80. The van der Waals surface area contributed by atoms with Crippen LogP contribution >= 0.6 is 0 Å². The molecule has 0 saturated heterocycles. The SMILES string of the molecule is CC(C)(O)CC(c1ccc(-n2cc(-c3ccnc4[nH]cnc34)cn2)nc1)C(F)(F)F. The highest BCUT2D eigenvalue weighted by Gasteiger charge is 2.43. The molecule has 0 saturated carbocycles. The van der Waals surface area contributed by atoms with Crippen LogP contribution in [0.3, 0.4) is 0 Å². The minimum Gasteiger partial charge on any atom is -0.390 e. The van der Waals surface area contributed by atoms with Crippen molar-refractivity contribution >= 4 is 11.2 Å². The van der Waals surface area contributed by atoms with Crippen molar-refractivity contribution in [1.29, 1.82) is 0 Å². The molecule has 0 bridgehead atoms. The Morgan fingerprint density at radius 1 is 1.10 bits per heavy atom. The number of fused-ring (bicyclic) bond motifs is 1. The zero-order valence-electron chi connectivity index (χ0n) is 16.2. The number of hydrogen-bond donors (Lipinski definition) is 2. The Hall–Kier alpha value is -3.27. The second-order valence-electron chi connectivity index (χ2n) is 7.69. The molecule has 0 aliphatic rings. The topological polar surface area (TPSA) is 92.5 Å². The summed E-state index contributed by atoms with van der Waals surface area (Å²) < 4.78 is 41.9. The Morgan fingerprint density at radius 2 is 1.90 bits per heavy atom. The summed E-state index contributed by atoms with van der Waals surface area (Å²) in [5.41, 5.74) is 1.47. The van der Waals surface area contributed by atoms with E-state index >= 15 is 0 Å². The van der Waals surface area contributed by atoms with Crippen molar-refractivity contribution in [2.75, 3.05) is 0 Å². The van der Waals surface area contributed by atoms with Crippen LogP contribution in [0.2, 0.25) is 0 Å². The lowest BCUT2D eigenvalue weighted by Gasteiger charge is -2.27. The van der Waals surface area contributed by atoms with Gasteiger partial charge in [-0.2, -0.15) is 18.3 Å². The molecule has 0 aliphatic heterocycles. The molecule has 7 nitrogen and oxygen atoms in total. The van der Waals surface area contributed by atoms with Crippen molar-refractivity contribution in [3.63, 3.8) is 0 Å². The van der Waals surface area contributed by atoms with E-state index in [-0.39, 0.29) is 5.56 Å². The Balaban J connectivity index is 1.63. The predicted octanol–water partition coefficient (Wildman–Crippen LogP) is 4.01. The van der Waals surface area contributed by atoms with Crippen LogP contribution in [0.1, 0.15) is 31.7 Å². The van der Waals surface area contributed by atoms with E-state index in [0.29, 0.717) is 17.0 Å². The number of imidazole rings is 1. The van der Waals surface area contributed by atoms with Crippen LogP contribution in [-0.2, 0) is 0 Å². The maximum Gasteiger partial charge on any atom is 0.395 e. The summed E-state index contributed by atoms with van der Waals surface area (Å²) >= 11 is 0. The molecule has 1 atom stereocenters. The minimum absolute atomic E-state index is 0.00637. The van der Waals surface area contributed by atoms with Gasteiger partial charge in [0.05, 0.1) is 24.0 Å². The average molecular weight is 416 g/mol. The molecule has 0 fully saturated rings. The lowest BCUT2D eigenvalue weighted by atomic mass is 9.88. The van der Waals surface area contributed by atoms with Crippen LogP contribution in [0.5, 0.6) is 0 Å². The Morgan fingerprint density at radius 3 is 2.57 bits per heavy atom. The van der Waals surface area contributed by atoms with Crippen molar-refractivity contribution in [2.24, 2.45) is 0 Å². The van der Waals surface area contributed by atoms with Gasteiger partial charge in [-0.1, -0.05) is 6.07 Å². The molecule has 4 aromatic rings. The summed E-state index contributed by atoms with van der Waals surface area (Å²) in [5, 5.41) is 14.1. The quantitative estimate of drug-likeness (QED) is 0.513. The first-order valence-electron chi connectivity index (χ1n) is 9.20. The molecule has 4 aromatic heterocycles. The maximum atomic E-state index is 13.5. The van der Waals surface area contributed by atoms with Crippen LogP contribution < -0.4 is 0 Å². The molecule has 2 N–H and O–H groups in total. The van der Waals surface area contributed by atoms with Gasteiger partial charge >= 0.3 is 6.18 Å². The van der Waals surface area contributed by atoms with E-state index in [9.17, 15) is 18.3 Å². The van der Waals surface area contributed by atoms with Gasteiger partial charge in [-0.15, -0.1) is 0 Å². The number of halogens is 3. The van der Waals surface area contributed by atoms with Crippen molar-refractivity contribution < 1.29 is 18.3 Å². The minimum atomic E-state index is -4.49. The zero-order valence-corrected chi connectivity index (χ0v) is 16.2. The highest BCUT2D eigenvalue weighted by molar-refractivity contribution is 5.88. The van der Waals surface area contributed by atoms with Gasteiger partial charge < -0.3 is 10.1 Å².